The van der Waals surface area contributed by atoms with Crippen molar-refractivity contribution in [3.63, 3.8) is 0 Å². The highest BCUT2D eigenvalue weighted by Gasteiger charge is 2.17. The van der Waals surface area contributed by atoms with Crippen molar-refractivity contribution >= 4 is 17.3 Å². The number of furan rings is 1. The summed E-state index contributed by atoms with van der Waals surface area (Å²) in [5.74, 6) is -0.537. The highest BCUT2D eigenvalue weighted by Crippen LogP contribution is 2.30. The summed E-state index contributed by atoms with van der Waals surface area (Å²) in [5, 5.41) is 11.6. The molecular formula is C14H17NO4S. The second-order valence-corrected chi connectivity index (χ2v) is 5.20. The quantitative estimate of drug-likeness (QED) is 0.836. The van der Waals surface area contributed by atoms with E-state index in [4.69, 9.17) is 14.3 Å². The number of hydrogen-bond acceptors (Lipinski definition) is 5. The number of carboxylic acids is 1. The Bertz CT molecular complexity index is 569. The summed E-state index contributed by atoms with van der Waals surface area (Å²) in [4.78, 5) is 15.3. The van der Waals surface area contributed by atoms with Gasteiger partial charge in [0, 0.05) is 18.1 Å². The second kappa shape index (κ2) is 6.67. The molecule has 0 aromatic carbocycles. The molecule has 0 fully saturated rings. The second-order valence-electron chi connectivity index (χ2n) is 4.31. The summed E-state index contributed by atoms with van der Waals surface area (Å²) in [5.41, 5.74) is 0.780. The number of carboxylic acid groups (broad SMARTS) is 1. The van der Waals surface area contributed by atoms with Crippen LogP contribution in [0.1, 0.15) is 48.2 Å². The van der Waals surface area contributed by atoms with Crippen LogP contribution in [0, 0.1) is 0 Å². The zero-order chi connectivity index (χ0) is 14.5. The van der Waals surface area contributed by atoms with Gasteiger partial charge in [-0.1, -0.05) is 13.3 Å². The van der Waals surface area contributed by atoms with Crippen molar-refractivity contribution in [1.29, 1.82) is 0 Å². The van der Waals surface area contributed by atoms with Gasteiger partial charge in [0.15, 0.2) is 5.76 Å². The van der Waals surface area contributed by atoms with Gasteiger partial charge in [-0.25, -0.2) is 9.78 Å². The van der Waals surface area contributed by atoms with Crippen molar-refractivity contribution in [2.75, 3.05) is 6.61 Å². The van der Waals surface area contributed by atoms with Gasteiger partial charge in [0.05, 0.1) is 5.56 Å². The Morgan fingerprint density at radius 1 is 1.55 bits per heavy atom. The molecule has 0 saturated heterocycles. The summed E-state index contributed by atoms with van der Waals surface area (Å²) in [7, 11) is 0. The van der Waals surface area contributed by atoms with Crippen LogP contribution in [-0.2, 0) is 4.74 Å². The molecule has 0 radical (unpaired) electrons. The topological polar surface area (TPSA) is 72.6 Å². The fraction of sp³-hybridized carbons (Fsp3) is 0.429. The number of nitrogens with zero attached hydrogens (tertiary/aromatic N) is 1. The third kappa shape index (κ3) is 3.26. The average molecular weight is 295 g/mol. The van der Waals surface area contributed by atoms with Gasteiger partial charge in [0.1, 0.15) is 23.1 Å². The first-order valence-corrected chi connectivity index (χ1v) is 7.42. The molecule has 2 heterocycles. The van der Waals surface area contributed by atoms with Crippen molar-refractivity contribution in [3.05, 3.63) is 28.3 Å². The van der Waals surface area contributed by atoms with E-state index in [1.807, 2.05) is 12.3 Å². The highest BCUT2D eigenvalue weighted by atomic mass is 32.1. The molecule has 0 aliphatic rings. The molecule has 0 aliphatic heterocycles. The van der Waals surface area contributed by atoms with Crippen LogP contribution in [0.15, 0.2) is 22.1 Å². The number of ether oxygens (including phenoxy) is 1. The number of rotatable bonds is 7. The van der Waals surface area contributed by atoms with Crippen LogP contribution in [0.2, 0.25) is 0 Å². The third-order valence-corrected chi connectivity index (χ3v) is 3.75. The molecule has 20 heavy (non-hydrogen) atoms. The molecule has 2 aromatic heterocycles. The molecule has 2 aromatic rings. The van der Waals surface area contributed by atoms with Crippen LogP contribution in [0.5, 0.6) is 0 Å². The summed E-state index contributed by atoms with van der Waals surface area (Å²) >= 11 is 1.51. The van der Waals surface area contributed by atoms with Gasteiger partial charge in [0.2, 0.25) is 0 Å². The molecular weight excluding hydrogens is 278 g/mol. The van der Waals surface area contributed by atoms with Crippen molar-refractivity contribution in [1.82, 2.24) is 4.98 Å². The monoisotopic (exact) mass is 295 g/mol. The first-order chi connectivity index (χ1) is 9.65. The molecule has 0 spiro atoms. The van der Waals surface area contributed by atoms with Crippen molar-refractivity contribution < 1.29 is 19.1 Å². The minimum atomic E-state index is -1.01. The molecule has 6 heteroatoms. The molecule has 0 saturated carbocycles. The predicted octanol–water partition coefficient (Wildman–Crippen LogP) is 3.98. The Kier molecular flexibility index (Phi) is 4.92. The molecule has 108 valence electrons. The van der Waals surface area contributed by atoms with Crippen LogP contribution in [0.4, 0.5) is 0 Å². The van der Waals surface area contributed by atoms with E-state index in [9.17, 15) is 4.79 Å². The van der Waals surface area contributed by atoms with Gasteiger partial charge in [-0.3, -0.25) is 0 Å². The van der Waals surface area contributed by atoms with Gasteiger partial charge in [-0.05, 0) is 13.3 Å². The number of carbonyl (C=O) groups is 1. The fourth-order valence-corrected chi connectivity index (χ4v) is 2.76. The van der Waals surface area contributed by atoms with Gasteiger partial charge in [0.25, 0.3) is 0 Å². The van der Waals surface area contributed by atoms with Gasteiger partial charge in [-0.2, -0.15) is 0 Å². The Hall–Kier alpha value is -1.66. The zero-order valence-electron chi connectivity index (χ0n) is 11.5. The Morgan fingerprint density at radius 2 is 2.35 bits per heavy atom. The molecule has 0 amide bonds. The number of hydrogen-bond donors (Lipinski definition) is 1. The van der Waals surface area contributed by atoms with Crippen molar-refractivity contribution in [2.45, 2.75) is 32.8 Å². The first kappa shape index (κ1) is 14.7. The lowest BCUT2D eigenvalue weighted by molar-refractivity contribution is 0.0555. The van der Waals surface area contributed by atoms with Crippen molar-refractivity contribution in [3.8, 4) is 11.5 Å². The standard InChI is InChI=1S/C14H17NO4S/c1-3-5-11(18-4-2)13-15-10(8-20-13)12-6-9(7-19-12)14(16)17/h6-8,11H,3-5H2,1-2H3,(H,16,17). The van der Waals surface area contributed by atoms with E-state index in [0.29, 0.717) is 18.1 Å². The van der Waals surface area contributed by atoms with Crippen LogP contribution in [-0.4, -0.2) is 22.7 Å². The molecule has 1 N–H and O–H groups in total. The molecule has 2 rings (SSSR count). The summed E-state index contributed by atoms with van der Waals surface area (Å²) in [6.45, 7) is 4.71. The van der Waals surface area contributed by atoms with Crippen LogP contribution >= 0.6 is 11.3 Å². The Morgan fingerprint density at radius 3 is 2.95 bits per heavy atom. The van der Waals surface area contributed by atoms with E-state index < -0.39 is 5.97 Å². The largest absolute Gasteiger partial charge is 0.478 e. The highest BCUT2D eigenvalue weighted by molar-refractivity contribution is 7.10. The van der Waals surface area contributed by atoms with E-state index in [2.05, 4.69) is 11.9 Å². The minimum Gasteiger partial charge on any atom is -0.478 e. The van der Waals surface area contributed by atoms with E-state index in [0.717, 1.165) is 17.8 Å². The third-order valence-electron chi connectivity index (χ3n) is 2.81. The summed E-state index contributed by atoms with van der Waals surface area (Å²) < 4.78 is 10.9. The number of aromatic carboxylic acids is 1. The summed E-state index contributed by atoms with van der Waals surface area (Å²) in [6.07, 6.45) is 3.16. The molecule has 1 atom stereocenters. The van der Waals surface area contributed by atoms with Crippen molar-refractivity contribution in [2.24, 2.45) is 0 Å². The lowest BCUT2D eigenvalue weighted by Gasteiger charge is -2.12. The molecule has 5 nitrogen and oxygen atoms in total. The molecule has 0 bridgehead atoms. The maximum atomic E-state index is 10.8. The maximum absolute atomic E-state index is 10.8. The molecule has 0 aliphatic carbocycles. The average Bonchev–Trinajstić information content (AvgIpc) is 3.07. The van der Waals surface area contributed by atoms with Crippen LogP contribution < -0.4 is 0 Å². The normalized spacial score (nSPS) is 12.5. The van der Waals surface area contributed by atoms with Crippen LogP contribution in [0.25, 0.3) is 11.5 Å². The minimum absolute atomic E-state index is 0.00217. The first-order valence-electron chi connectivity index (χ1n) is 6.54. The van der Waals surface area contributed by atoms with E-state index in [1.165, 1.54) is 23.7 Å². The van der Waals surface area contributed by atoms with E-state index in [1.54, 1.807) is 0 Å². The lowest BCUT2D eigenvalue weighted by Crippen LogP contribution is -2.03. The number of thiazole rings is 1. The maximum Gasteiger partial charge on any atom is 0.338 e. The van der Waals surface area contributed by atoms with Gasteiger partial charge >= 0.3 is 5.97 Å². The zero-order valence-corrected chi connectivity index (χ0v) is 12.3. The predicted molar refractivity (Wildman–Crippen MR) is 76.1 cm³/mol. The van der Waals surface area contributed by atoms with Gasteiger partial charge < -0.3 is 14.3 Å². The van der Waals surface area contributed by atoms with E-state index in [-0.39, 0.29) is 11.7 Å². The SMILES string of the molecule is CCCC(OCC)c1nc(-c2cc(C(=O)O)co2)cs1. The Labute approximate surface area is 121 Å². The summed E-state index contributed by atoms with van der Waals surface area (Å²) in [6, 6.07) is 1.48. The molecule has 1 unspecified atom stereocenters. The van der Waals surface area contributed by atoms with Crippen LogP contribution in [0.3, 0.4) is 0 Å². The lowest BCUT2D eigenvalue weighted by atomic mass is 10.2. The van der Waals surface area contributed by atoms with Gasteiger partial charge in [-0.15, -0.1) is 11.3 Å². The smallest absolute Gasteiger partial charge is 0.338 e. The Balaban J connectivity index is 2.20. The fourth-order valence-electron chi connectivity index (χ4n) is 1.87. The van der Waals surface area contributed by atoms with E-state index >= 15 is 0 Å². The number of aromatic nitrogens is 1.